The number of rotatable bonds is 3. The van der Waals surface area contributed by atoms with Crippen LogP contribution >= 0.6 is 0 Å². The minimum atomic E-state index is -1.10. The Bertz CT molecular complexity index is 169. The largest absolute Gasteiger partial charge is 0.114 e. The fourth-order valence-corrected chi connectivity index (χ4v) is 30.4. The molecular weight excluding hydrogens is 231 g/mol. The molecule has 0 fully saturated rings. The summed E-state index contributed by atoms with van der Waals surface area (Å²) in [5, 5.41) is 0. The summed E-state index contributed by atoms with van der Waals surface area (Å²) in [5.41, 5.74) is 0. The summed E-state index contributed by atoms with van der Waals surface area (Å²) in [5.74, 6) is 0. The van der Waals surface area contributed by atoms with Gasteiger partial charge in [-0.25, -0.2) is 0 Å². The molecular formula is C10H27AlSi3. The highest BCUT2D eigenvalue weighted by Crippen LogP contribution is 2.50. The van der Waals surface area contributed by atoms with E-state index in [-0.39, 0.29) is 0 Å². The van der Waals surface area contributed by atoms with Gasteiger partial charge in [-0.05, 0) is 0 Å². The van der Waals surface area contributed by atoms with E-state index in [4.69, 9.17) is 0 Å². The fraction of sp³-hybridized carbons (Fsp3) is 1.00. The third-order valence-electron chi connectivity index (χ3n) is 3.55. The molecule has 0 aromatic rings. The normalized spacial score (nSPS) is 15.8. The second-order valence-electron chi connectivity index (χ2n) is 7.56. The van der Waals surface area contributed by atoms with E-state index in [9.17, 15) is 0 Å². The minimum absolute atomic E-state index is 0.646. The average molecular weight is 259 g/mol. The van der Waals surface area contributed by atoms with Crippen molar-refractivity contribution in [2.45, 2.75) is 62.1 Å². The van der Waals surface area contributed by atoms with E-state index >= 15 is 0 Å². The van der Waals surface area contributed by atoms with E-state index in [0.717, 1.165) is 0 Å². The first kappa shape index (κ1) is 15.2. The monoisotopic (exact) mass is 258 g/mol. The van der Waals surface area contributed by atoms with Crippen LogP contribution in [0.1, 0.15) is 0 Å². The minimum Gasteiger partial charge on any atom is -0.106 e. The molecule has 0 N–H and O–H groups in total. The molecule has 82 valence electrons. The Morgan fingerprint density at radius 2 is 0.714 bits per heavy atom. The maximum Gasteiger partial charge on any atom is 0.114 e. The molecule has 0 nitrogen and oxygen atoms in total. The lowest BCUT2D eigenvalue weighted by Gasteiger charge is -2.58. The van der Waals surface area contributed by atoms with E-state index in [1.165, 1.54) is 0 Å². The number of hydrogen-bond acceptors (Lipinski definition) is 0. The molecule has 0 saturated heterocycles. The zero-order valence-electron chi connectivity index (χ0n) is 11.6. The van der Waals surface area contributed by atoms with Gasteiger partial charge < -0.3 is 0 Å². The summed E-state index contributed by atoms with van der Waals surface area (Å²) >= 11 is 3.34. The molecule has 0 atom stereocenters. The van der Waals surface area contributed by atoms with E-state index in [0.29, 0.717) is 3.15 Å². The van der Waals surface area contributed by atoms with Gasteiger partial charge >= 0.3 is 0 Å². The Morgan fingerprint density at radius 1 is 0.571 bits per heavy atom. The summed E-state index contributed by atoms with van der Waals surface area (Å²) in [6.45, 7) is 23.0. The summed E-state index contributed by atoms with van der Waals surface area (Å²) in [6.07, 6.45) is 0. The molecule has 0 aromatic carbocycles. The van der Waals surface area contributed by atoms with E-state index in [1.54, 1.807) is 0 Å². The molecule has 0 saturated carbocycles. The molecule has 0 bridgehead atoms. The van der Waals surface area contributed by atoms with Crippen molar-refractivity contribution in [3.8, 4) is 0 Å². The van der Waals surface area contributed by atoms with E-state index in [1.807, 2.05) is 0 Å². The van der Waals surface area contributed by atoms with Crippen LogP contribution in [0.2, 0.25) is 62.1 Å². The van der Waals surface area contributed by atoms with Gasteiger partial charge in [-0.1, -0.05) is 58.9 Å². The van der Waals surface area contributed by atoms with Gasteiger partial charge in [0.1, 0.15) is 16.3 Å². The lowest BCUT2D eigenvalue weighted by Crippen LogP contribution is -2.66. The smallest absolute Gasteiger partial charge is 0.106 e. The molecule has 0 amide bonds. The van der Waals surface area contributed by atoms with Gasteiger partial charge in [0.2, 0.25) is 0 Å². The van der Waals surface area contributed by atoms with Gasteiger partial charge in [-0.3, -0.25) is 0 Å². The average Bonchev–Trinajstić information content (AvgIpc) is 1.77. The Morgan fingerprint density at radius 3 is 0.714 bits per heavy atom. The first-order valence-corrected chi connectivity index (χ1v) is 16.6. The molecule has 14 heavy (non-hydrogen) atoms. The van der Waals surface area contributed by atoms with Crippen molar-refractivity contribution in [3.05, 3.63) is 0 Å². The van der Waals surface area contributed by atoms with Gasteiger partial charge in [0.25, 0.3) is 0 Å². The zero-order chi connectivity index (χ0) is 12.0. The molecule has 0 aliphatic carbocycles. The molecule has 2 radical (unpaired) electrons. The van der Waals surface area contributed by atoms with Gasteiger partial charge in [-0.2, -0.15) is 0 Å². The first-order chi connectivity index (χ1) is 5.75. The van der Waals surface area contributed by atoms with Gasteiger partial charge in [0, 0.05) is 24.2 Å². The lowest BCUT2D eigenvalue weighted by atomic mass is 11.6. The molecule has 0 aliphatic heterocycles. The maximum atomic E-state index is 3.34. The van der Waals surface area contributed by atoms with Crippen LogP contribution in [0.5, 0.6) is 0 Å². The molecule has 4 heteroatoms. The maximum absolute atomic E-state index is 3.34. The van der Waals surface area contributed by atoms with E-state index < -0.39 is 24.2 Å². The highest BCUT2D eigenvalue weighted by atomic mass is 28.5. The summed E-state index contributed by atoms with van der Waals surface area (Å²) < 4.78 is 0.646. The third kappa shape index (κ3) is 2.46. The van der Waals surface area contributed by atoms with Crippen molar-refractivity contribution in [2.24, 2.45) is 0 Å². The van der Waals surface area contributed by atoms with Crippen LogP contribution in [-0.4, -0.2) is 40.5 Å². The van der Waals surface area contributed by atoms with Crippen molar-refractivity contribution in [1.29, 1.82) is 0 Å². The quantitative estimate of drug-likeness (QED) is 0.673. The van der Waals surface area contributed by atoms with Gasteiger partial charge in [0.05, 0.1) is 0 Å². The summed E-state index contributed by atoms with van der Waals surface area (Å²) in [6, 6.07) is 0. The SMILES string of the molecule is C[Si](C)(C)[C]([Al])([Si](C)(C)C)[Si](C)(C)C. The molecule has 0 aliphatic rings. The molecule has 0 unspecified atom stereocenters. The molecule has 0 rings (SSSR count). The van der Waals surface area contributed by atoms with Crippen LogP contribution in [0.25, 0.3) is 0 Å². The first-order valence-electron chi connectivity index (χ1n) is 5.54. The highest BCUT2D eigenvalue weighted by molar-refractivity contribution is 7.21. The standard InChI is InChI=1S/C10H27Si3.Al/c1-11(2,3)10(12(4,5)6)13(7,8)9;/h1-9H3;. The predicted molar refractivity (Wildman–Crippen MR) is 78.5 cm³/mol. The Balaban J connectivity index is 5.54. The van der Waals surface area contributed by atoms with Gasteiger partial charge in [-0.15, -0.1) is 3.15 Å². The van der Waals surface area contributed by atoms with Gasteiger partial charge in [0.15, 0.2) is 0 Å². The summed E-state index contributed by atoms with van der Waals surface area (Å²) in [7, 11) is -3.29. The van der Waals surface area contributed by atoms with Crippen LogP contribution in [0.3, 0.4) is 0 Å². The van der Waals surface area contributed by atoms with Crippen LogP contribution in [0.4, 0.5) is 0 Å². The zero-order valence-corrected chi connectivity index (χ0v) is 15.7. The topological polar surface area (TPSA) is 0 Å². The van der Waals surface area contributed by atoms with Crippen molar-refractivity contribution in [1.82, 2.24) is 0 Å². The van der Waals surface area contributed by atoms with Crippen molar-refractivity contribution in [3.63, 3.8) is 0 Å². The fourth-order valence-electron chi connectivity index (χ4n) is 3.38. The second kappa shape index (κ2) is 3.89. The number of hydrogen-bond donors (Lipinski definition) is 0. The van der Waals surface area contributed by atoms with Crippen LogP contribution in [0, 0.1) is 0 Å². The Kier molecular flexibility index (Phi) is 4.22. The van der Waals surface area contributed by atoms with Crippen molar-refractivity contribution >= 4 is 40.5 Å². The predicted octanol–water partition coefficient (Wildman–Crippen LogP) is 3.95. The van der Waals surface area contributed by atoms with Crippen LogP contribution in [-0.2, 0) is 0 Å². The van der Waals surface area contributed by atoms with Crippen molar-refractivity contribution in [2.75, 3.05) is 0 Å². The third-order valence-corrected chi connectivity index (χ3v) is 31.9. The van der Waals surface area contributed by atoms with Crippen molar-refractivity contribution < 1.29 is 0 Å². The highest BCUT2D eigenvalue weighted by Gasteiger charge is 2.54. The van der Waals surface area contributed by atoms with Crippen LogP contribution in [0.15, 0.2) is 0 Å². The Hall–Kier alpha value is 1.18. The Labute approximate surface area is 102 Å². The lowest BCUT2D eigenvalue weighted by molar-refractivity contribution is 1.25. The molecule has 0 spiro atoms. The molecule has 0 aromatic heterocycles. The van der Waals surface area contributed by atoms with Crippen LogP contribution < -0.4 is 0 Å². The molecule has 0 heterocycles. The van der Waals surface area contributed by atoms with E-state index in [2.05, 4.69) is 75.2 Å². The second-order valence-corrected chi connectivity index (χ2v) is 27.5. The summed E-state index contributed by atoms with van der Waals surface area (Å²) in [4.78, 5) is 0.